The molecule has 0 aliphatic heterocycles. The summed E-state index contributed by atoms with van der Waals surface area (Å²) in [6, 6.07) is 0. The van der Waals surface area contributed by atoms with Crippen molar-refractivity contribution in [2.45, 2.75) is 0 Å². The Labute approximate surface area is 80.7 Å². The maximum atomic E-state index is 0. The normalized spacial score (nSPS) is 0. The molecular formula is Ge3Pu. The topological polar surface area (TPSA) is 0 Å². The summed E-state index contributed by atoms with van der Waals surface area (Å²) in [5.74, 6) is 0. The van der Waals surface area contributed by atoms with E-state index in [2.05, 4.69) is 0 Å². The molecule has 4 heavy (non-hydrogen) atoms. The van der Waals surface area contributed by atoms with Crippen molar-refractivity contribution in [3.8, 4) is 0 Å². The van der Waals surface area contributed by atoms with E-state index in [1.165, 1.54) is 0 Å². The molecule has 0 N–H and O–H groups in total. The fourth-order valence-electron chi connectivity index (χ4n) is 0. The van der Waals surface area contributed by atoms with Crippen molar-refractivity contribution >= 4 is 52.8 Å². The summed E-state index contributed by atoms with van der Waals surface area (Å²) >= 11 is 0. The van der Waals surface area contributed by atoms with E-state index in [9.17, 15) is 0 Å². The summed E-state index contributed by atoms with van der Waals surface area (Å²) in [7, 11) is 0. The summed E-state index contributed by atoms with van der Waals surface area (Å²) in [5, 5.41) is 0. The van der Waals surface area contributed by atoms with Gasteiger partial charge in [-0.2, -0.15) is 0 Å². The number of rotatable bonds is 0. The van der Waals surface area contributed by atoms with Gasteiger partial charge in [0.2, 0.25) is 0 Å². The molecule has 0 aromatic heterocycles. The van der Waals surface area contributed by atoms with Gasteiger partial charge in [-0.05, 0) is 0 Å². The smallest absolute Gasteiger partial charge is 0 e. The van der Waals surface area contributed by atoms with E-state index in [-0.39, 0.29) is 82.0 Å². The van der Waals surface area contributed by atoms with Crippen molar-refractivity contribution in [3.63, 3.8) is 0 Å². The summed E-state index contributed by atoms with van der Waals surface area (Å²) in [5.41, 5.74) is 0. The molecular weight excluding hydrogens is 462 g/mol. The molecule has 0 aromatic carbocycles. The van der Waals surface area contributed by atoms with Gasteiger partial charge < -0.3 is 0 Å². The van der Waals surface area contributed by atoms with Gasteiger partial charge in [0.05, 0.1) is 0 Å². The molecule has 0 atom stereocenters. The van der Waals surface area contributed by atoms with Gasteiger partial charge in [0.25, 0.3) is 0 Å². The number of hydrogen-bond acceptors (Lipinski definition) is 0. The molecule has 18 valence electrons. The molecule has 0 aliphatic carbocycles. The summed E-state index contributed by atoms with van der Waals surface area (Å²) in [4.78, 5) is 0. The van der Waals surface area contributed by atoms with Gasteiger partial charge in [0.1, 0.15) is 0 Å². The zero-order chi connectivity index (χ0) is 0. The van der Waals surface area contributed by atoms with Gasteiger partial charge >= 0.3 is 0 Å². The Morgan fingerprint density at radius 1 is 0.500 bits per heavy atom. The van der Waals surface area contributed by atoms with Crippen LogP contribution in [-0.2, 0) is 0 Å². The van der Waals surface area contributed by atoms with E-state index in [1.54, 1.807) is 0 Å². The Kier molecular flexibility index (Phi) is 133. The van der Waals surface area contributed by atoms with Crippen LogP contribution in [0.15, 0.2) is 0 Å². The predicted molar refractivity (Wildman–Crippen MR) is 17.3 cm³/mol. The zero-order valence-electron chi connectivity index (χ0n) is 1.91. The van der Waals surface area contributed by atoms with Crippen molar-refractivity contribution in [2.24, 2.45) is 0 Å². The molecule has 0 spiro atoms. The van der Waals surface area contributed by atoms with Gasteiger partial charge in [-0.3, -0.25) is 0 Å². The van der Waals surface area contributed by atoms with Crippen LogP contribution in [0, 0.1) is 29.2 Å². The van der Waals surface area contributed by atoms with E-state index >= 15 is 0 Å². The summed E-state index contributed by atoms with van der Waals surface area (Å²) in [6.07, 6.45) is 0. The molecule has 0 nitrogen and oxygen atoms in total. The minimum atomic E-state index is 0. The van der Waals surface area contributed by atoms with Crippen LogP contribution in [0.3, 0.4) is 0 Å². The van der Waals surface area contributed by atoms with Crippen LogP contribution in [0.2, 0.25) is 0 Å². The second-order valence-corrected chi connectivity index (χ2v) is 0. The molecule has 0 saturated heterocycles. The van der Waals surface area contributed by atoms with Gasteiger partial charge in [-0.1, -0.05) is 0 Å². The molecule has 0 amide bonds. The quantitative estimate of drug-likeness (QED) is 0.400. The van der Waals surface area contributed by atoms with E-state index in [4.69, 9.17) is 0 Å². The van der Waals surface area contributed by atoms with Gasteiger partial charge in [-0.15, -0.1) is 0 Å². The first-order chi connectivity index (χ1) is 0. The standard InChI is InChI=1S/3Ge.Pu. The van der Waals surface area contributed by atoms with Gasteiger partial charge in [-0.25, -0.2) is 0 Å². The molecule has 0 heterocycles. The molecule has 0 saturated carbocycles. The van der Waals surface area contributed by atoms with E-state index in [0.29, 0.717) is 0 Å². The predicted octanol–water partition coefficient (Wildman–Crippen LogP) is -1.14. The van der Waals surface area contributed by atoms with Crippen LogP contribution in [0.4, 0.5) is 0 Å². The Balaban J connectivity index is 0. The molecule has 0 bridgehead atoms. The van der Waals surface area contributed by atoms with Crippen molar-refractivity contribution in [3.05, 3.63) is 0 Å². The molecule has 0 aromatic rings. The first-order valence-corrected chi connectivity index (χ1v) is 0. The Hall–Kier alpha value is 2.62. The zero-order valence-corrected chi connectivity index (χ0v) is 11.6. The van der Waals surface area contributed by atoms with Crippen LogP contribution in [0.1, 0.15) is 0 Å². The van der Waals surface area contributed by atoms with Gasteiger partial charge in [0, 0.05) is 82.0 Å². The Morgan fingerprint density at radius 3 is 0.500 bits per heavy atom. The minimum Gasteiger partial charge on any atom is 0 e. The largest absolute Gasteiger partial charge is 0 e. The van der Waals surface area contributed by atoms with Crippen LogP contribution in [0.25, 0.3) is 0 Å². The van der Waals surface area contributed by atoms with Crippen LogP contribution < -0.4 is 0 Å². The Bertz CT molecular complexity index is 3.25. The van der Waals surface area contributed by atoms with Crippen molar-refractivity contribution in [1.82, 2.24) is 0 Å². The third-order valence-electron chi connectivity index (χ3n) is 0. The molecule has 0 fully saturated rings. The maximum Gasteiger partial charge on any atom is 0 e. The minimum absolute atomic E-state index is 0. The van der Waals surface area contributed by atoms with Crippen molar-refractivity contribution < 1.29 is 29.2 Å². The third-order valence-corrected chi connectivity index (χ3v) is 0. The third kappa shape index (κ3) is 8.82. The van der Waals surface area contributed by atoms with E-state index < -0.39 is 0 Å². The van der Waals surface area contributed by atoms with Crippen LogP contribution >= 0.6 is 0 Å². The molecule has 4 heteroatoms. The monoisotopic (exact) mass is 460 g/mol. The fourth-order valence-corrected chi connectivity index (χ4v) is 0. The average Bonchev–Trinajstić information content (AvgIpc) is 0. The van der Waals surface area contributed by atoms with E-state index in [0.717, 1.165) is 0 Å². The first-order valence-electron chi connectivity index (χ1n) is 0. The average molecular weight is 462 g/mol. The second kappa shape index (κ2) is 17.5. The first kappa shape index (κ1) is 30.5. The fraction of sp³-hybridized carbons (Fsp3) is 0. The SMILES string of the molecule is [Ge].[Ge].[Ge].[Pu]. The maximum absolute atomic E-state index is 0. The number of hydrogen-bond donors (Lipinski definition) is 0. The van der Waals surface area contributed by atoms with Gasteiger partial charge in [0.15, 0.2) is 0 Å². The summed E-state index contributed by atoms with van der Waals surface area (Å²) in [6.45, 7) is 0. The summed E-state index contributed by atoms with van der Waals surface area (Å²) < 4.78 is 0. The molecule has 0 aliphatic rings. The Morgan fingerprint density at radius 2 is 0.500 bits per heavy atom. The molecule has 0 rings (SSSR count). The van der Waals surface area contributed by atoms with Crippen LogP contribution in [-0.4, -0.2) is 52.8 Å². The van der Waals surface area contributed by atoms with Crippen molar-refractivity contribution in [2.75, 3.05) is 0 Å². The molecule has 0 unspecified atom stereocenters. The van der Waals surface area contributed by atoms with Crippen LogP contribution in [0.5, 0.6) is 0 Å². The molecule has 12 radical (unpaired) electrons. The van der Waals surface area contributed by atoms with E-state index in [1.807, 2.05) is 0 Å². The second-order valence-electron chi connectivity index (χ2n) is 0. The van der Waals surface area contributed by atoms with Crippen molar-refractivity contribution in [1.29, 1.82) is 0 Å².